The van der Waals surface area contributed by atoms with Crippen LogP contribution in [-0.4, -0.2) is 4.98 Å². The molecule has 172 valence electrons. The van der Waals surface area contributed by atoms with Crippen molar-refractivity contribution in [3.63, 3.8) is 0 Å². The van der Waals surface area contributed by atoms with Gasteiger partial charge in [0.15, 0.2) is 0 Å². The van der Waals surface area contributed by atoms with Crippen molar-refractivity contribution in [3.8, 4) is 33.5 Å². The van der Waals surface area contributed by atoms with Crippen LogP contribution in [0.25, 0.3) is 44.3 Å². The fraction of sp³-hybridized carbons (Fsp3) is 0.206. The van der Waals surface area contributed by atoms with Crippen molar-refractivity contribution in [2.24, 2.45) is 5.92 Å². The number of benzene rings is 4. The molecule has 1 heteroatoms. The molecule has 1 aromatic heterocycles. The first-order chi connectivity index (χ1) is 17.0. The first kappa shape index (κ1) is 21.8. The van der Waals surface area contributed by atoms with Crippen LogP contribution >= 0.6 is 0 Å². The lowest BCUT2D eigenvalue weighted by Gasteiger charge is -2.17. The van der Waals surface area contributed by atoms with Crippen molar-refractivity contribution in [2.75, 3.05) is 0 Å². The number of pyridine rings is 1. The standard InChI is InChI=1S/C34H31N/c1-21(2)15-24-18-29(25-11-9-22(3)10-12-25)28-13-14-35-34(33(28)19-24)32-17-23(4)16-30-27-8-6-5-7-26(27)20-31(30)32/h5-14,16-19,21H,15,20H2,1-4H3. The van der Waals surface area contributed by atoms with Crippen molar-refractivity contribution < 1.29 is 0 Å². The molecule has 0 saturated heterocycles. The highest BCUT2D eigenvalue weighted by atomic mass is 14.7. The summed E-state index contributed by atoms with van der Waals surface area (Å²) in [5, 5.41) is 2.53. The summed E-state index contributed by atoms with van der Waals surface area (Å²) in [5.74, 6) is 0.594. The molecule has 1 aliphatic rings. The van der Waals surface area contributed by atoms with E-state index in [1.807, 2.05) is 6.20 Å². The zero-order chi connectivity index (χ0) is 24.1. The molecule has 1 heterocycles. The second-order valence-electron chi connectivity index (χ2n) is 10.5. The Kier molecular flexibility index (Phi) is 5.29. The van der Waals surface area contributed by atoms with Gasteiger partial charge in [0, 0.05) is 17.1 Å². The Morgan fingerprint density at radius 3 is 2.29 bits per heavy atom. The van der Waals surface area contributed by atoms with Gasteiger partial charge in [-0.3, -0.25) is 4.98 Å². The van der Waals surface area contributed by atoms with Gasteiger partial charge in [-0.25, -0.2) is 0 Å². The van der Waals surface area contributed by atoms with Crippen molar-refractivity contribution in [3.05, 3.63) is 113 Å². The smallest absolute Gasteiger partial charge is 0.0783 e. The summed E-state index contributed by atoms with van der Waals surface area (Å²) in [7, 11) is 0. The number of nitrogens with zero attached hydrogens (tertiary/aromatic N) is 1. The van der Waals surface area contributed by atoms with Crippen molar-refractivity contribution in [2.45, 2.75) is 40.5 Å². The first-order valence-electron chi connectivity index (χ1n) is 12.7. The van der Waals surface area contributed by atoms with E-state index in [2.05, 4.69) is 107 Å². The Balaban J connectivity index is 1.63. The SMILES string of the molecule is Cc1ccc(-c2cc(CC(C)C)cc3c(-c4cc(C)cc5c4Cc4ccccc4-5)nccc23)cc1. The first-order valence-corrected chi connectivity index (χ1v) is 12.7. The highest BCUT2D eigenvalue weighted by Crippen LogP contribution is 2.44. The molecule has 4 aromatic carbocycles. The normalized spacial score (nSPS) is 12.3. The molecule has 0 saturated carbocycles. The van der Waals surface area contributed by atoms with Gasteiger partial charge in [0.2, 0.25) is 0 Å². The van der Waals surface area contributed by atoms with Gasteiger partial charge < -0.3 is 0 Å². The predicted octanol–water partition coefficient (Wildman–Crippen LogP) is 8.96. The van der Waals surface area contributed by atoms with Gasteiger partial charge in [-0.1, -0.05) is 80.1 Å². The molecule has 35 heavy (non-hydrogen) atoms. The molecule has 0 spiro atoms. The predicted molar refractivity (Wildman–Crippen MR) is 149 cm³/mol. The molecule has 0 aliphatic heterocycles. The largest absolute Gasteiger partial charge is 0.256 e. The number of rotatable bonds is 4. The van der Waals surface area contributed by atoms with Crippen LogP contribution in [0.5, 0.6) is 0 Å². The van der Waals surface area contributed by atoms with E-state index in [0.29, 0.717) is 5.92 Å². The van der Waals surface area contributed by atoms with E-state index in [-0.39, 0.29) is 0 Å². The number of hydrogen-bond donors (Lipinski definition) is 0. The van der Waals surface area contributed by atoms with Crippen LogP contribution in [0, 0.1) is 19.8 Å². The van der Waals surface area contributed by atoms with Gasteiger partial charge in [-0.05, 0) is 101 Å². The quantitative estimate of drug-likeness (QED) is 0.259. The van der Waals surface area contributed by atoms with Gasteiger partial charge in [0.05, 0.1) is 5.69 Å². The molecule has 5 aromatic rings. The Labute approximate surface area is 208 Å². The van der Waals surface area contributed by atoms with Crippen LogP contribution < -0.4 is 0 Å². The summed E-state index contributed by atoms with van der Waals surface area (Å²) in [4.78, 5) is 5.03. The van der Waals surface area contributed by atoms with Crippen molar-refractivity contribution >= 4 is 10.8 Å². The minimum Gasteiger partial charge on any atom is -0.256 e. The van der Waals surface area contributed by atoms with Crippen molar-refractivity contribution in [1.82, 2.24) is 4.98 Å². The monoisotopic (exact) mass is 453 g/mol. The molecule has 1 nitrogen and oxygen atoms in total. The average Bonchev–Trinajstić information content (AvgIpc) is 3.21. The zero-order valence-electron chi connectivity index (χ0n) is 21.0. The maximum Gasteiger partial charge on any atom is 0.0783 e. The summed E-state index contributed by atoms with van der Waals surface area (Å²) < 4.78 is 0. The lowest BCUT2D eigenvalue weighted by Crippen LogP contribution is -1.98. The Bertz CT molecular complexity index is 1570. The van der Waals surface area contributed by atoms with Gasteiger partial charge in [-0.2, -0.15) is 0 Å². The molecule has 0 radical (unpaired) electrons. The molecule has 0 unspecified atom stereocenters. The number of fused-ring (bicyclic) bond motifs is 4. The maximum atomic E-state index is 5.03. The molecule has 1 aliphatic carbocycles. The van der Waals surface area contributed by atoms with Crippen molar-refractivity contribution in [1.29, 1.82) is 0 Å². The molecular formula is C34H31N. The van der Waals surface area contributed by atoms with E-state index >= 15 is 0 Å². The van der Waals surface area contributed by atoms with E-state index < -0.39 is 0 Å². The second kappa shape index (κ2) is 8.50. The number of aromatic nitrogens is 1. The molecule has 0 amide bonds. The fourth-order valence-corrected chi connectivity index (χ4v) is 5.71. The summed E-state index contributed by atoms with van der Waals surface area (Å²) in [6.07, 6.45) is 4.02. The third kappa shape index (κ3) is 3.86. The average molecular weight is 454 g/mol. The minimum absolute atomic E-state index is 0.594. The van der Waals surface area contributed by atoms with E-state index in [1.165, 1.54) is 66.4 Å². The summed E-state index contributed by atoms with van der Waals surface area (Å²) in [6.45, 7) is 8.95. The highest BCUT2D eigenvalue weighted by Gasteiger charge is 2.24. The summed E-state index contributed by atoms with van der Waals surface area (Å²) >= 11 is 0. The lowest BCUT2D eigenvalue weighted by molar-refractivity contribution is 0.648. The zero-order valence-corrected chi connectivity index (χ0v) is 21.0. The third-order valence-corrected chi connectivity index (χ3v) is 7.27. The Morgan fingerprint density at radius 1 is 0.714 bits per heavy atom. The molecule has 0 atom stereocenters. The fourth-order valence-electron chi connectivity index (χ4n) is 5.71. The third-order valence-electron chi connectivity index (χ3n) is 7.27. The summed E-state index contributed by atoms with van der Waals surface area (Å²) in [6, 6.07) is 29.4. The van der Waals surface area contributed by atoms with E-state index in [1.54, 1.807) is 0 Å². The lowest BCUT2D eigenvalue weighted by atomic mass is 9.89. The molecule has 6 rings (SSSR count). The van der Waals surface area contributed by atoms with Crippen LogP contribution in [0.4, 0.5) is 0 Å². The van der Waals surface area contributed by atoms with E-state index in [9.17, 15) is 0 Å². The molecule has 0 fully saturated rings. The highest BCUT2D eigenvalue weighted by molar-refractivity contribution is 6.04. The Hall–Kier alpha value is -3.71. The van der Waals surface area contributed by atoms with Gasteiger partial charge in [0.25, 0.3) is 0 Å². The topological polar surface area (TPSA) is 12.9 Å². The summed E-state index contributed by atoms with van der Waals surface area (Å²) in [5.41, 5.74) is 14.5. The van der Waals surface area contributed by atoms with Crippen LogP contribution in [0.15, 0.2) is 85.1 Å². The number of aryl methyl sites for hydroxylation is 2. The van der Waals surface area contributed by atoms with Crippen LogP contribution in [0.3, 0.4) is 0 Å². The maximum absolute atomic E-state index is 5.03. The van der Waals surface area contributed by atoms with E-state index in [0.717, 1.165) is 18.5 Å². The number of hydrogen-bond acceptors (Lipinski definition) is 1. The molecular weight excluding hydrogens is 422 g/mol. The Morgan fingerprint density at radius 2 is 1.49 bits per heavy atom. The second-order valence-corrected chi connectivity index (χ2v) is 10.5. The van der Waals surface area contributed by atoms with Gasteiger partial charge in [-0.15, -0.1) is 0 Å². The van der Waals surface area contributed by atoms with Gasteiger partial charge in [0.1, 0.15) is 0 Å². The van der Waals surface area contributed by atoms with Gasteiger partial charge >= 0.3 is 0 Å². The van der Waals surface area contributed by atoms with Crippen LogP contribution in [0.2, 0.25) is 0 Å². The van der Waals surface area contributed by atoms with Crippen LogP contribution in [-0.2, 0) is 12.8 Å². The molecule has 0 N–H and O–H groups in total. The molecule has 0 bridgehead atoms. The van der Waals surface area contributed by atoms with Crippen LogP contribution in [0.1, 0.15) is 41.7 Å². The minimum atomic E-state index is 0.594. The van der Waals surface area contributed by atoms with E-state index in [4.69, 9.17) is 4.98 Å².